The first-order valence-corrected chi connectivity index (χ1v) is 7.87. The maximum absolute atomic E-state index is 8.79. The van der Waals surface area contributed by atoms with E-state index in [1.165, 1.54) is 0 Å². The summed E-state index contributed by atoms with van der Waals surface area (Å²) in [5.41, 5.74) is 0.900. The van der Waals surface area contributed by atoms with Crippen LogP contribution in [0.1, 0.15) is 12.0 Å². The van der Waals surface area contributed by atoms with Crippen LogP contribution in [-0.4, -0.2) is 56.2 Å². The minimum Gasteiger partial charge on any atom is -0.494 e. The normalized spacial score (nSPS) is 15.4. The Kier molecular flexibility index (Phi) is 6.62. The number of likely N-dealkylation sites (N-methyl/N-ethyl adjacent to an activating group) is 1. The molecule has 0 N–H and O–H groups in total. The molecule has 1 aromatic rings. The monoisotopic (exact) mass is 310 g/mol. The highest BCUT2D eigenvalue weighted by Gasteiger charge is 2.12. The van der Waals surface area contributed by atoms with Crippen LogP contribution in [0.25, 0.3) is 6.08 Å². The zero-order chi connectivity index (χ0) is 16.5. The average molecular weight is 310 g/mol. The molecule has 0 amide bonds. The number of benzene rings is 1. The van der Waals surface area contributed by atoms with Gasteiger partial charge in [-0.05, 0) is 37.2 Å². The molecular formula is C18H22N4O. The standard InChI is InChI=1S/C18H22N4O/c1-21-7-9-22(10-8-21)6-3-11-23-18-5-2-4-16(13-18)12-17(14-19)15-20/h2,4-5,12-13H,3,6-11H2,1H3. The molecule has 1 saturated heterocycles. The minimum atomic E-state index is 0.0946. The lowest BCUT2D eigenvalue weighted by Crippen LogP contribution is -2.44. The number of allylic oxidation sites excluding steroid dienone is 1. The van der Waals surface area contributed by atoms with Crippen LogP contribution in [0.5, 0.6) is 5.75 Å². The topological polar surface area (TPSA) is 63.3 Å². The molecule has 2 rings (SSSR count). The molecule has 0 unspecified atom stereocenters. The summed E-state index contributed by atoms with van der Waals surface area (Å²) in [6, 6.07) is 11.2. The van der Waals surface area contributed by atoms with Crippen LogP contribution in [-0.2, 0) is 0 Å². The van der Waals surface area contributed by atoms with E-state index in [4.69, 9.17) is 15.3 Å². The number of nitriles is 2. The fraction of sp³-hybridized carbons (Fsp3) is 0.444. The van der Waals surface area contributed by atoms with Crippen molar-refractivity contribution in [3.63, 3.8) is 0 Å². The van der Waals surface area contributed by atoms with Crippen molar-refractivity contribution in [3.05, 3.63) is 35.4 Å². The lowest BCUT2D eigenvalue weighted by molar-refractivity contribution is 0.145. The molecule has 0 bridgehead atoms. The van der Waals surface area contributed by atoms with Crippen molar-refractivity contribution in [2.24, 2.45) is 0 Å². The van der Waals surface area contributed by atoms with E-state index in [0.717, 1.165) is 50.5 Å². The third kappa shape index (κ3) is 5.75. The second-order valence-corrected chi connectivity index (χ2v) is 5.70. The van der Waals surface area contributed by atoms with E-state index in [1.807, 2.05) is 36.4 Å². The van der Waals surface area contributed by atoms with Crippen LogP contribution in [0.4, 0.5) is 0 Å². The van der Waals surface area contributed by atoms with Crippen molar-refractivity contribution in [1.82, 2.24) is 9.80 Å². The van der Waals surface area contributed by atoms with Crippen molar-refractivity contribution < 1.29 is 4.74 Å². The van der Waals surface area contributed by atoms with Crippen molar-refractivity contribution in [3.8, 4) is 17.9 Å². The molecule has 0 aliphatic carbocycles. The highest BCUT2D eigenvalue weighted by molar-refractivity contribution is 5.62. The molecule has 1 aliphatic rings. The second kappa shape index (κ2) is 8.95. The number of ether oxygens (including phenoxy) is 1. The van der Waals surface area contributed by atoms with Gasteiger partial charge in [0.1, 0.15) is 23.5 Å². The molecule has 1 aliphatic heterocycles. The van der Waals surface area contributed by atoms with E-state index in [-0.39, 0.29) is 5.57 Å². The van der Waals surface area contributed by atoms with Crippen LogP contribution in [0.2, 0.25) is 0 Å². The lowest BCUT2D eigenvalue weighted by atomic mass is 10.1. The number of hydrogen-bond acceptors (Lipinski definition) is 5. The highest BCUT2D eigenvalue weighted by atomic mass is 16.5. The first-order chi connectivity index (χ1) is 11.2. The van der Waals surface area contributed by atoms with E-state index in [9.17, 15) is 0 Å². The Morgan fingerprint density at radius 2 is 1.96 bits per heavy atom. The fourth-order valence-corrected chi connectivity index (χ4v) is 2.50. The number of piperazine rings is 1. The molecule has 0 radical (unpaired) electrons. The van der Waals surface area contributed by atoms with Gasteiger partial charge >= 0.3 is 0 Å². The molecule has 1 aromatic carbocycles. The number of rotatable bonds is 6. The SMILES string of the molecule is CN1CCN(CCCOc2cccc(C=C(C#N)C#N)c2)CC1. The van der Waals surface area contributed by atoms with Crippen LogP contribution in [0.15, 0.2) is 29.8 Å². The molecule has 5 heteroatoms. The van der Waals surface area contributed by atoms with E-state index in [1.54, 1.807) is 6.08 Å². The first kappa shape index (κ1) is 17.0. The highest BCUT2D eigenvalue weighted by Crippen LogP contribution is 2.16. The summed E-state index contributed by atoms with van der Waals surface area (Å²) < 4.78 is 5.78. The molecule has 120 valence electrons. The maximum Gasteiger partial charge on any atom is 0.130 e. The lowest BCUT2D eigenvalue weighted by Gasteiger charge is -2.32. The average Bonchev–Trinajstić information content (AvgIpc) is 2.58. The molecule has 0 saturated carbocycles. The van der Waals surface area contributed by atoms with Gasteiger partial charge in [-0.3, -0.25) is 0 Å². The fourth-order valence-electron chi connectivity index (χ4n) is 2.50. The maximum atomic E-state index is 8.79. The first-order valence-electron chi connectivity index (χ1n) is 7.87. The minimum absolute atomic E-state index is 0.0946. The summed E-state index contributed by atoms with van der Waals surface area (Å²) in [7, 11) is 2.16. The van der Waals surface area contributed by atoms with Crippen molar-refractivity contribution >= 4 is 6.08 Å². The number of hydrogen-bond donors (Lipinski definition) is 0. The van der Waals surface area contributed by atoms with E-state index < -0.39 is 0 Å². The van der Waals surface area contributed by atoms with Gasteiger partial charge in [0.05, 0.1) is 6.61 Å². The van der Waals surface area contributed by atoms with E-state index in [2.05, 4.69) is 16.8 Å². The Labute approximate surface area is 138 Å². The van der Waals surface area contributed by atoms with Gasteiger partial charge < -0.3 is 14.5 Å². The zero-order valence-corrected chi connectivity index (χ0v) is 13.5. The van der Waals surface area contributed by atoms with Gasteiger partial charge in [0.2, 0.25) is 0 Å². The Bertz CT molecular complexity index is 603. The largest absolute Gasteiger partial charge is 0.494 e. The summed E-state index contributed by atoms with van der Waals surface area (Å²) in [5.74, 6) is 0.771. The zero-order valence-electron chi connectivity index (χ0n) is 13.5. The smallest absolute Gasteiger partial charge is 0.130 e. The molecule has 1 fully saturated rings. The predicted octanol–water partition coefficient (Wildman–Crippen LogP) is 2.13. The molecular weight excluding hydrogens is 288 g/mol. The molecule has 0 aromatic heterocycles. The molecule has 1 heterocycles. The second-order valence-electron chi connectivity index (χ2n) is 5.70. The summed E-state index contributed by atoms with van der Waals surface area (Å²) >= 11 is 0. The quantitative estimate of drug-likeness (QED) is 0.595. The van der Waals surface area contributed by atoms with Gasteiger partial charge in [-0.15, -0.1) is 0 Å². The summed E-state index contributed by atoms with van der Waals surface area (Å²) in [5, 5.41) is 17.6. The Balaban J connectivity index is 1.77. The van der Waals surface area contributed by atoms with Crippen molar-refractivity contribution in [2.45, 2.75) is 6.42 Å². The van der Waals surface area contributed by atoms with Crippen molar-refractivity contribution in [2.75, 3.05) is 46.4 Å². The van der Waals surface area contributed by atoms with Crippen molar-refractivity contribution in [1.29, 1.82) is 10.5 Å². The molecule has 23 heavy (non-hydrogen) atoms. The molecule has 0 spiro atoms. The third-order valence-corrected chi connectivity index (χ3v) is 3.89. The van der Waals surface area contributed by atoms with Gasteiger partial charge in [0, 0.05) is 32.7 Å². The van der Waals surface area contributed by atoms with Gasteiger partial charge in [0.25, 0.3) is 0 Å². The number of nitrogens with zero attached hydrogens (tertiary/aromatic N) is 4. The van der Waals surface area contributed by atoms with Gasteiger partial charge in [-0.25, -0.2) is 0 Å². The van der Waals surface area contributed by atoms with Gasteiger partial charge in [-0.2, -0.15) is 10.5 Å². The van der Waals surface area contributed by atoms with Crippen LogP contribution in [0.3, 0.4) is 0 Å². The Morgan fingerprint density at radius 1 is 1.22 bits per heavy atom. The van der Waals surface area contributed by atoms with E-state index in [0.29, 0.717) is 6.61 Å². The Hall–Kier alpha value is -2.34. The van der Waals surface area contributed by atoms with Crippen LogP contribution >= 0.6 is 0 Å². The van der Waals surface area contributed by atoms with Gasteiger partial charge in [0.15, 0.2) is 0 Å². The summed E-state index contributed by atoms with van der Waals surface area (Å²) in [4.78, 5) is 4.82. The molecule has 5 nitrogen and oxygen atoms in total. The Morgan fingerprint density at radius 3 is 2.65 bits per heavy atom. The van der Waals surface area contributed by atoms with Crippen LogP contribution in [0, 0.1) is 22.7 Å². The van der Waals surface area contributed by atoms with Gasteiger partial charge in [-0.1, -0.05) is 12.1 Å². The summed E-state index contributed by atoms with van der Waals surface area (Å²) in [6.45, 7) is 6.25. The predicted molar refractivity (Wildman–Crippen MR) is 89.7 cm³/mol. The van der Waals surface area contributed by atoms with Crippen LogP contribution < -0.4 is 4.74 Å². The third-order valence-electron chi connectivity index (χ3n) is 3.89. The summed E-state index contributed by atoms with van der Waals surface area (Å²) in [6.07, 6.45) is 2.56. The van der Waals surface area contributed by atoms with E-state index >= 15 is 0 Å². The molecule has 0 atom stereocenters.